The number of rotatable bonds is 6. The SMILES string of the molecule is COC(=O)[C@]12C[C@H](CC(=O)N3CCSCC3)C(=O)N(Cc3ccco3)C1=C[C@H](C1CCCC1)O[C@@H]2C. The van der Waals surface area contributed by atoms with Crippen molar-refractivity contribution in [3.05, 3.63) is 35.9 Å². The number of nitrogens with zero attached hydrogens (tertiary/aromatic N) is 2. The monoisotopic (exact) mass is 516 g/mol. The highest BCUT2D eigenvalue weighted by Gasteiger charge is 2.60. The molecule has 0 bridgehead atoms. The van der Waals surface area contributed by atoms with E-state index in [1.807, 2.05) is 35.7 Å². The van der Waals surface area contributed by atoms with Crippen LogP contribution >= 0.6 is 11.8 Å². The van der Waals surface area contributed by atoms with Gasteiger partial charge >= 0.3 is 5.97 Å². The number of carbonyl (C=O) groups excluding carboxylic acids is 3. The van der Waals surface area contributed by atoms with Gasteiger partial charge in [0.2, 0.25) is 11.8 Å². The molecule has 4 atom stereocenters. The first kappa shape index (κ1) is 25.4. The van der Waals surface area contributed by atoms with Crippen molar-refractivity contribution in [3.63, 3.8) is 0 Å². The minimum Gasteiger partial charge on any atom is -0.468 e. The van der Waals surface area contributed by atoms with E-state index in [9.17, 15) is 14.4 Å². The number of ether oxygens (including phenoxy) is 2. The van der Waals surface area contributed by atoms with E-state index in [0.29, 0.717) is 30.5 Å². The Morgan fingerprint density at radius 3 is 2.64 bits per heavy atom. The molecule has 1 aromatic rings. The summed E-state index contributed by atoms with van der Waals surface area (Å²) < 4.78 is 17.5. The Morgan fingerprint density at radius 1 is 1.22 bits per heavy atom. The molecule has 0 unspecified atom stereocenters. The molecule has 0 aromatic carbocycles. The third-order valence-corrected chi connectivity index (χ3v) is 9.34. The standard InChI is InChI=1S/C27H36N2O6S/c1-18-27(26(32)33-2)16-20(14-24(30)28-9-12-36-13-10-28)25(31)29(17-21-8-5-11-34-21)23(27)15-22(35-18)19-6-3-4-7-19/h5,8,11,15,18-20,22H,3-4,6-7,9-10,12-14,16-17H2,1-2H3/t18-,20+,22-,27+/m1/s1. The molecule has 8 nitrogen and oxygen atoms in total. The van der Waals surface area contributed by atoms with E-state index in [0.717, 1.165) is 24.3 Å². The molecule has 9 heteroatoms. The van der Waals surface area contributed by atoms with Crippen molar-refractivity contribution in [2.24, 2.45) is 17.3 Å². The first-order chi connectivity index (χ1) is 17.4. The fourth-order valence-electron chi connectivity index (χ4n) is 6.42. The number of methoxy groups -OCH3 is 1. The Hall–Kier alpha value is -2.26. The minimum atomic E-state index is -1.16. The average Bonchev–Trinajstić information content (AvgIpc) is 3.61. The quantitative estimate of drug-likeness (QED) is 0.534. The highest BCUT2D eigenvalue weighted by Crippen LogP contribution is 2.52. The minimum absolute atomic E-state index is 0.0349. The number of esters is 1. The van der Waals surface area contributed by atoms with Crippen LogP contribution in [0.1, 0.15) is 51.2 Å². The van der Waals surface area contributed by atoms with Gasteiger partial charge in [-0.2, -0.15) is 11.8 Å². The van der Waals surface area contributed by atoms with Gasteiger partial charge in [0.25, 0.3) is 0 Å². The lowest BCUT2D eigenvalue weighted by molar-refractivity contribution is -0.178. The number of hydrogen-bond donors (Lipinski definition) is 0. The lowest BCUT2D eigenvalue weighted by atomic mass is 9.66. The van der Waals surface area contributed by atoms with E-state index >= 15 is 0 Å². The number of amides is 2. The van der Waals surface area contributed by atoms with E-state index < -0.39 is 23.4 Å². The van der Waals surface area contributed by atoms with Crippen molar-refractivity contribution < 1.29 is 28.3 Å². The summed E-state index contributed by atoms with van der Waals surface area (Å²) in [7, 11) is 1.38. The number of likely N-dealkylation sites (tertiary alicyclic amines) is 1. The second kappa shape index (κ2) is 10.6. The number of fused-ring (bicyclic) bond motifs is 1. The third kappa shape index (κ3) is 4.60. The van der Waals surface area contributed by atoms with Gasteiger partial charge in [0.1, 0.15) is 11.2 Å². The molecular weight excluding hydrogens is 480 g/mol. The van der Waals surface area contributed by atoms with E-state index in [-0.39, 0.29) is 37.3 Å². The Morgan fingerprint density at radius 2 is 1.97 bits per heavy atom. The maximum Gasteiger partial charge on any atom is 0.320 e. The van der Waals surface area contributed by atoms with Crippen molar-refractivity contribution in [3.8, 4) is 0 Å². The molecule has 4 heterocycles. The fraction of sp³-hybridized carbons (Fsp3) is 0.667. The maximum absolute atomic E-state index is 14.0. The van der Waals surface area contributed by atoms with Gasteiger partial charge in [-0.25, -0.2) is 0 Å². The first-order valence-corrected chi connectivity index (χ1v) is 14.2. The van der Waals surface area contributed by atoms with Crippen LogP contribution in [0, 0.1) is 17.3 Å². The van der Waals surface area contributed by atoms with E-state index in [4.69, 9.17) is 13.9 Å². The van der Waals surface area contributed by atoms with Crippen LogP contribution in [-0.4, -0.2) is 71.5 Å². The van der Waals surface area contributed by atoms with Crippen molar-refractivity contribution in [2.45, 2.75) is 64.2 Å². The van der Waals surface area contributed by atoms with Gasteiger partial charge in [0.05, 0.1) is 32.1 Å². The predicted octanol–water partition coefficient (Wildman–Crippen LogP) is 3.61. The molecule has 0 radical (unpaired) electrons. The van der Waals surface area contributed by atoms with Gasteiger partial charge in [-0.05, 0) is 50.3 Å². The van der Waals surface area contributed by atoms with E-state index in [1.54, 1.807) is 17.2 Å². The molecule has 36 heavy (non-hydrogen) atoms. The molecule has 3 aliphatic heterocycles. The lowest BCUT2D eigenvalue weighted by Gasteiger charge is -2.52. The number of thioether (sulfide) groups is 1. The molecule has 3 fully saturated rings. The second-order valence-electron chi connectivity index (χ2n) is 10.4. The van der Waals surface area contributed by atoms with Crippen LogP contribution in [0.4, 0.5) is 0 Å². The topological polar surface area (TPSA) is 89.3 Å². The maximum atomic E-state index is 14.0. The largest absolute Gasteiger partial charge is 0.468 e. The van der Waals surface area contributed by atoms with Gasteiger partial charge in [-0.3, -0.25) is 14.4 Å². The first-order valence-electron chi connectivity index (χ1n) is 13.1. The summed E-state index contributed by atoms with van der Waals surface area (Å²) in [4.78, 5) is 44.3. The highest BCUT2D eigenvalue weighted by atomic mass is 32.2. The molecular formula is C27H36N2O6S. The average molecular weight is 517 g/mol. The van der Waals surface area contributed by atoms with Gasteiger partial charge in [-0.15, -0.1) is 0 Å². The molecule has 2 amide bonds. The van der Waals surface area contributed by atoms with Crippen LogP contribution in [0.3, 0.4) is 0 Å². The van der Waals surface area contributed by atoms with Gasteiger partial charge in [0.15, 0.2) is 0 Å². The van der Waals surface area contributed by atoms with Crippen LogP contribution in [-0.2, 0) is 30.4 Å². The molecule has 1 saturated carbocycles. The van der Waals surface area contributed by atoms with Crippen LogP contribution in [0.2, 0.25) is 0 Å². The molecule has 1 aromatic heterocycles. The number of carbonyl (C=O) groups is 3. The Labute approximate surface area is 216 Å². The highest BCUT2D eigenvalue weighted by molar-refractivity contribution is 7.99. The molecule has 5 rings (SSSR count). The smallest absolute Gasteiger partial charge is 0.320 e. The van der Waals surface area contributed by atoms with Gasteiger partial charge < -0.3 is 23.7 Å². The summed E-state index contributed by atoms with van der Waals surface area (Å²) in [6.07, 6.45) is 7.67. The van der Waals surface area contributed by atoms with Crippen LogP contribution < -0.4 is 0 Å². The van der Waals surface area contributed by atoms with Crippen molar-refractivity contribution in [2.75, 3.05) is 31.7 Å². The number of hydrogen-bond acceptors (Lipinski definition) is 7. The van der Waals surface area contributed by atoms with Gasteiger partial charge in [0, 0.05) is 42.6 Å². The Balaban J connectivity index is 1.53. The van der Waals surface area contributed by atoms with E-state index in [2.05, 4.69) is 0 Å². The Bertz CT molecular complexity index is 998. The second-order valence-corrected chi connectivity index (χ2v) is 11.6. The molecule has 0 N–H and O–H groups in total. The summed E-state index contributed by atoms with van der Waals surface area (Å²) >= 11 is 1.83. The van der Waals surface area contributed by atoms with Crippen molar-refractivity contribution in [1.29, 1.82) is 0 Å². The normalized spacial score (nSPS) is 31.2. The zero-order valence-electron chi connectivity index (χ0n) is 21.1. The molecule has 4 aliphatic rings. The molecule has 0 spiro atoms. The molecule has 1 aliphatic carbocycles. The third-order valence-electron chi connectivity index (χ3n) is 8.40. The number of furan rings is 1. The van der Waals surface area contributed by atoms with Crippen LogP contribution in [0.5, 0.6) is 0 Å². The van der Waals surface area contributed by atoms with Crippen LogP contribution in [0.25, 0.3) is 0 Å². The van der Waals surface area contributed by atoms with Crippen LogP contribution in [0.15, 0.2) is 34.6 Å². The molecule has 2 saturated heterocycles. The molecule has 196 valence electrons. The Kier molecular flexibility index (Phi) is 7.49. The zero-order valence-corrected chi connectivity index (χ0v) is 22.0. The summed E-state index contributed by atoms with van der Waals surface area (Å²) in [5.74, 6) is 1.56. The lowest BCUT2D eigenvalue weighted by Crippen LogP contribution is -2.60. The predicted molar refractivity (Wildman–Crippen MR) is 135 cm³/mol. The summed E-state index contributed by atoms with van der Waals surface area (Å²) in [6, 6.07) is 3.61. The van der Waals surface area contributed by atoms with Crippen molar-refractivity contribution in [1.82, 2.24) is 9.80 Å². The zero-order chi connectivity index (χ0) is 25.3. The van der Waals surface area contributed by atoms with Crippen molar-refractivity contribution >= 4 is 29.5 Å². The summed E-state index contributed by atoms with van der Waals surface area (Å²) in [5, 5.41) is 0. The number of piperidine rings is 1. The summed E-state index contributed by atoms with van der Waals surface area (Å²) in [6.45, 7) is 3.49. The fourth-order valence-corrected chi connectivity index (χ4v) is 7.33. The van der Waals surface area contributed by atoms with E-state index in [1.165, 1.54) is 20.0 Å². The van der Waals surface area contributed by atoms with Gasteiger partial charge in [-0.1, -0.05) is 12.8 Å². The summed E-state index contributed by atoms with van der Waals surface area (Å²) in [5.41, 5.74) is -0.517.